The Hall–Kier alpha value is -3.46. The number of hydrogen-bond acceptors (Lipinski definition) is 3. The van der Waals surface area contributed by atoms with Crippen LogP contribution in [0.15, 0.2) is 66.7 Å². The summed E-state index contributed by atoms with van der Waals surface area (Å²) in [6.07, 6.45) is -3.12. The van der Waals surface area contributed by atoms with Crippen molar-refractivity contribution in [2.45, 2.75) is 31.6 Å². The van der Waals surface area contributed by atoms with Gasteiger partial charge < -0.3 is 10.1 Å². The number of benzene rings is 3. The highest BCUT2D eigenvalue weighted by molar-refractivity contribution is 5.94. The quantitative estimate of drug-likeness (QED) is 0.420. The molecule has 35 heavy (non-hydrogen) atoms. The van der Waals surface area contributed by atoms with Crippen LogP contribution in [0.3, 0.4) is 0 Å². The first-order valence-corrected chi connectivity index (χ1v) is 11.1. The number of likely N-dealkylation sites (tertiary alicyclic amines) is 1. The fourth-order valence-corrected chi connectivity index (χ4v) is 3.93. The van der Waals surface area contributed by atoms with E-state index in [9.17, 15) is 26.7 Å². The van der Waals surface area contributed by atoms with Gasteiger partial charge in [-0.3, -0.25) is 9.69 Å². The molecule has 1 saturated heterocycles. The molecule has 0 aromatic heterocycles. The van der Waals surface area contributed by atoms with Crippen LogP contribution in [-0.4, -0.2) is 29.9 Å². The molecule has 9 heteroatoms. The number of alkyl halides is 3. The van der Waals surface area contributed by atoms with E-state index in [4.69, 9.17) is 4.74 Å². The Bertz CT molecular complexity index is 1140. The molecule has 0 radical (unpaired) electrons. The molecular formula is C26H23F5N2O2. The van der Waals surface area contributed by atoms with Crippen molar-refractivity contribution in [3.05, 3.63) is 95.1 Å². The van der Waals surface area contributed by atoms with Crippen molar-refractivity contribution in [3.8, 4) is 11.5 Å². The number of hydrogen-bond donors (Lipinski definition) is 1. The average Bonchev–Trinajstić information content (AvgIpc) is 2.83. The molecule has 1 amide bonds. The van der Waals surface area contributed by atoms with Crippen LogP contribution in [0.4, 0.5) is 22.0 Å². The molecule has 3 aromatic carbocycles. The van der Waals surface area contributed by atoms with Gasteiger partial charge in [0.1, 0.15) is 23.1 Å². The monoisotopic (exact) mass is 490 g/mol. The third kappa shape index (κ3) is 6.36. The van der Waals surface area contributed by atoms with Gasteiger partial charge >= 0.3 is 6.18 Å². The van der Waals surface area contributed by atoms with E-state index in [0.29, 0.717) is 37.2 Å². The van der Waals surface area contributed by atoms with E-state index in [1.165, 1.54) is 30.3 Å². The van der Waals surface area contributed by atoms with E-state index in [-0.39, 0.29) is 29.8 Å². The highest BCUT2D eigenvalue weighted by atomic mass is 19.4. The Morgan fingerprint density at radius 3 is 1.97 bits per heavy atom. The molecular weight excluding hydrogens is 467 g/mol. The molecule has 1 fully saturated rings. The summed E-state index contributed by atoms with van der Waals surface area (Å²) in [5.74, 6) is -0.755. The summed E-state index contributed by atoms with van der Waals surface area (Å²) < 4.78 is 71.3. The first-order chi connectivity index (χ1) is 16.7. The van der Waals surface area contributed by atoms with Crippen molar-refractivity contribution >= 4 is 5.91 Å². The lowest BCUT2D eigenvalue weighted by atomic mass is 10.0. The minimum atomic E-state index is -4.41. The van der Waals surface area contributed by atoms with Gasteiger partial charge in [-0.05, 0) is 73.5 Å². The maximum Gasteiger partial charge on any atom is 0.416 e. The standard InChI is InChI=1S/C26H23F5N2O2/c27-23-2-1-3-24(28)22(23)16-33-14-12-19(13-15-33)32-25(34)17-4-8-20(9-5-17)35-21-10-6-18(7-11-21)26(29,30)31/h1-11,19H,12-16H2,(H,32,34). The maximum atomic E-state index is 13.9. The van der Waals surface area contributed by atoms with Crippen molar-refractivity contribution in [1.29, 1.82) is 0 Å². The number of carbonyl (C=O) groups is 1. The van der Waals surface area contributed by atoms with Crippen LogP contribution in [-0.2, 0) is 12.7 Å². The Morgan fingerprint density at radius 2 is 1.43 bits per heavy atom. The zero-order valence-electron chi connectivity index (χ0n) is 18.6. The predicted molar refractivity (Wildman–Crippen MR) is 120 cm³/mol. The summed E-state index contributed by atoms with van der Waals surface area (Å²) >= 11 is 0. The van der Waals surface area contributed by atoms with E-state index in [1.807, 2.05) is 4.90 Å². The van der Waals surface area contributed by atoms with E-state index in [0.717, 1.165) is 12.1 Å². The molecule has 4 nitrogen and oxygen atoms in total. The number of amides is 1. The van der Waals surface area contributed by atoms with Gasteiger partial charge in [0.15, 0.2) is 0 Å². The topological polar surface area (TPSA) is 41.6 Å². The average molecular weight is 490 g/mol. The molecule has 0 atom stereocenters. The van der Waals surface area contributed by atoms with Gasteiger partial charge in [-0.15, -0.1) is 0 Å². The van der Waals surface area contributed by atoms with Gasteiger partial charge in [0.05, 0.1) is 5.56 Å². The van der Waals surface area contributed by atoms with Crippen molar-refractivity contribution in [1.82, 2.24) is 10.2 Å². The Kier molecular flexibility index (Phi) is 7.35. The van der Waals surface area contributed by atoms with E-state index >= 15 is 0 Å². The normalized spacial score (nSPS) is 15.1. The first kappa shape index (κ1) is 24.7. The zero-order chi connectivity index (χ0) is 25.0. The van der Waals surface area contributed by atoms with Gasteiger partial charge in [0.25, 0.3) is 5.91 Å². The first-order valence-electron chi connectivity index (χ1n) is 11.1. The second-order valence-corrected chi connectivity index (χ2v) is 8.37. The summed E-state index contributed by atoms with van der Waals surface area (Å²) in [4.78, 5) is 14.6. The fourth-order valence-electron chi connectivity index (χ4n) is 3.93. The van der Waals surface area contributed by atoms with Gasteiger partial charge in [-0.1, -0.05) is 6.07 Å². The van der Waals surface area contributed by atoms with Crippen LogP contribution in [0, 0.1) is 11.6 Å². The van der Waals surface area contributed by atoms with Gasteiger partial charge in [0.2, 0.25) is 0 Å². The van der Waals surface area contributed by atoms with Crippen LogP contribution in [0.1, 0.15) is 34.3 Å². The molecule has 0 aliphatic carbocycles. The molecule has 1 aliphatic heterocycles. The molecule has 1 N–H and O–H groups in total. The number of carbonyl (C=O) groups excluding carboxylic acids is 1. The molecule has 1 heterocycles. The highest BCUT2D eigenvalue weighted by Gasteiger charge is 2.30. The minimum Gasteiger partial charge on any atom is -0.457 e. The molecule has 4 rings (SSSR count). The van der Waals surface area contributed by atoms with Crippen molar-refractivity contribution in [3.63, 3.8) is 0 Å². The van der Waals surface area contributed by atoms with E-state index in [1.54, 1.807) is 24.3 Å². The lowest BCUT2D eigenvalue weighted by molar-refractivity contribution is -0.137. The number of nitrogens with zero attached hydrogens (tertiary/aromatic N) is 1. The van der Waals surface area contributed by atoms with Crippen molar-refractivity contribution in [2.24, 2.45) is 0 Å². The second-order valence-electron chi connectivity index (χ2n) is 8.37. The van der Waals surface area contributed by atoms with Gasteiger partial charge in [-0.2, -0.15) is 13.2 Å². The van der Waals surface area contributed by atoms with Crippen LogP contribution >= 0.6 is 0 Å². The number of piperidine rings is 1. The second kappa shape index (κ2) is 10.4. The molecule has 0 unspecified atom stereocenters. The summed E-state index contributed by atoms with van der Waals surface area (Å²) in [7, 11) is 0. The Balaban J connectivity index is 1.27. The van der Waals surface area contributed by atoms with Crippen LogP contribution in [0.25, 0.3) is 0 Å². The Labute approximate surface area is 199 Å². The molecule has 0 saturated carbocycles. The number of ether oxygens (including phenoxy) is 1. The number of rotatable bonds is 6. The third-order valence-corrected chi connectivity index (χ3v) is 5.90. The van der Waals surface area contributed by atoms with Gasteiger partial charge in [0, 0.05) is 36.8 Å². The van der Waals surface area contributed by atoms with Crippen molar-refractivity contribution < 1.29 is 31.5 Å². The van der Waals surface area contributed by atoms with Crippen LogP contribution in [0.5, 0.6) is 11.5 Å². The predicted octanol–water partition coefficient (Wildman–Crippen LogP) is 6.17. The summed E-state index contributed by atoms with van der Waals surface area (Å²) in [6, 6.07) is 14.4. The maximum absolute atomic E-state index is 13.9. The summed E-state index contributed by atoms with van der Waals surface area (Å²) in [6.45, 7) is 1.37. The fraction of sp³-hybridized carbons (Fsp3) is 0.269. The van der Waals surface area contributed by atoms with E-state index in [2.05, 4.69) is 5.32 Å². The molecule has 1 aliphatic rings. The molecule has 3 aromatic rings. The smallest absolute Gasteiger partial charge is 0.416 e. The summed E-state index contributed by atoms with van der Waals surface area (Å²) in [5.41, 5.74) is -0.295. The minimum absolute atomic E-state index is 0.0496. The lowest BCUT2D eigenvalue weighted by Gasteiger charge is -2.32. The zero-order valence-corrected chi connectivity index (χ0v) is 18.6. The highest BCUT2D eigenvalue weighted by Crippen LogP contribution is 2.31. The number of halogens is 5. The van der Waals surface area contributed by atoms with Crippen LogP contribution in [0.2, 0.25) is 0 Å². The van der Waals surface area contributed by atoms with Crippen molar-refractivity contribution in [2.75, 3.05) is 13.1 Å². The molecule has 0 bridgehead atoms. The third-order valence-electron chi connectivity index (χ3n) is 5.90. The van der Waals surface area contributed by atoms with E-state index < -0.39 is 23.4 Å². The van der Waals surface area contributed by atoms with Gasteiger partial charge in [-0.25, -0.2) is 8.78 Å². The SMILES string of the molecule is O=C(NC1CCN(Cc2c(F)cccc2F)CC1)c1ccc(Oc2ccc(C(F)(F)F)cc2)cc1. The Morgan fingerprint density at radius 1 is 0.886 bits per heavy atom. The largest absolute Gasteiger partial charge is 0.457 e. The summed E-state index contributed by atoms with van der Waals surface area (Å²) in [5, 5.41) is 2.97. The molecule has 184 valence electrons. The molecule has 0 spiro atoms. The number of nitrogens with one attached hydrogen (secondary N) is 1. The lowest BCUT2D eigenvalue weighted by Crippen LogP contribution is -2.44. The van der Waals surface area contributed by atoms with Crippen LogP contribution < -0.4 is 10.1 Å².